The minimum atomic E-state index is 0.00252. The van der Waals surface area contributed by atoms with Crippen LogP contribution in [0.15, 0.2) is 35.3 Å². The molecule has 0 amide bonds. The fourth-order valence-corrected chi connectivity index (χ4v) is 3.49. The number of nitrogens with zero attached hydrogens (tertiary/aromatic N) is 2. The Hall–Kier alpha value is -1.68. The molecule has 1 N–H and O–H groups in total. The summed E-state index contributed by atoms with van der Waals surface area (Å²) in [7, 11) is 0. The number of hydrogen-bond donors (Lipinski definition) is 1. The number of nitrogens with one attached hydrogen (secondary N) is 1. The van der Waals surface area contributed by atoms with Crippen molar-refractivity contribution in [1.82, 2.24) is 15.1 Å². The fraction of sp³-hybridized carbons (Fsp3) is 0.529. The summed E-state index contributed by atoms with van der Waals surface area (Å²) >= 11 is 0. The largest absolute Gasteiger partial charge is 0.312 e. The van der Waals surface area contributed by atoms with E-state index in [2.05, 4.69) is 17.3 Å². The van der Waals surface area contributed by atoms with Crippen LogP contribution in [0.3, 0.4) is 0 Å². The van der Waals surface area contributed by atoms with Crippen molar-refractivity contribution in [1.29, 1.82) is 0 Å². The maximum atomic E-state index is 11.9. The topological polar surface area (TPSA) is 46.9 Å². The third kappa shape index (κ3) is 3.00. The van der Waals surface area contributed by atoms with Crippen LogP contribution in [0.5, 0.6) is 0 Å². The van der Waals surface area contributed by atoms with Gasteiger partial charge in [-0.3, -0.25) is 9.48 Å². The van der Waals surface area contributed by atoms with Gasteiger partial charge in [0, 0.05) is 11.4 Å². The lowest BCUT2D eigenvalue weighted by atomic mass is 9.98. The first-order chi connectivity index (χ1) is 10.3. The van der Waals surface area contributed by atoms with Gasteiger partial charge in [-0.15, -0.1) is 0 Å². The number of para-hydroxylation sites is 1. The molecule has 1 saturated carbocycles. The summed E-state index contributed by atoms with van der Waals surface area (Å²) in [6.45, 7) is 3.96. The lowest BCUT2D eigenvalue weighted by Crippen LogP contribution is -2.39. The van der Waals surface area contributed by atoms with Gasteiger partial charge < -0.3 is 5.32 Å². The van der Waals surface area contributed by atoms with E-state index in [1.165, 1.54) is 31.9 Å². The quantitative estimate of drug-likeness (QED) is 0.918. The van der Waals surface area contributed by atoms with Crippen molar-refractivity contribution in [3.63, 3.8) is 0 Å². The third-order valence-electron chi connectivity index (χ3n) is 4.57. The first-order valence-corrected chi connectivity index (χ1v) is 7.98. The van der Waals surface area contributed by atoms with Crippen LogP contribution in [0.25, 0.3) is 10.9 Å². The third-order valence-corrected chi connectivity index (χ3v) is 4.57. The van der Waals surface area contributed by atoms with E-state index in [0.29, 0.717) is 6.04 Å². The van der Waals surface area contributed by atoms with Gasteiger partial charge in [-0.05, 0) is 37.4 Å². The van der Waals surface area contributed by atoms with Crippen molar-refractivity contribution >= 4 is 10.9 Å². The van der Waals surface area contributed by atoms with Crippen molar-refractivity contribution in [2.75, 3.05) is 6.54 Å². The highest BCUT2D eigenvalue weighted by Crippen LogP contribution is 2.28. The summed E-state index contributed by atoms with van der Waals surface area (Å²) < 4.78 is 1.99. The molecule has 1 aliphatic rings. The molecule has 112 valence electrons. The Bertz CT molecular complexity index is 658. The molecule has 4 nitrogen and oxygen atoms in total. The molecule has 3 rings (SSSR count). The highest BCUT2D eigenvalue weighted by atomic mass is 16.1. The summed E-state index contributed by atoms with van der Waals surface area (Å²) in [6.07, 6.45) is 6.72. The van der Waals surface area contributed by atoms with Gasteiger partial charge in [0.1, 0.15) is 0 Å². The molecule has 4 heteroatoms. The second-order valence-corrected chi connectivity index (χ2v) is 5.92. The van der Waals surface area contributed by atoms with Gasteiger partial charge in [-0.1, -0.05) is 31.9 Å². The van der Waals surface area contributed by atoms with Crippen LogP contribution in [-0.4, -0.2) is 22.4 Å². The molecule has 0 aliphatic heterocycles. The second-order valence-electron chi connectivity index (χ2n) is 5.92. The monoisotopic (exact) mass is 285 g/mol. The zero-order valence-electron chi connectivity index (χ0n) is 12.6. The van der Waals surface area contributed by atoms with E-state index in [1.807, 2.05) is 28.9 Å². The molecule has 0 radical (unpaired) electrons. The van der Waals surface area contributed by atoms with Crippen LogP contribution >= 0.6 is 0 Å². The molecule has 1 fully saturated rings. The van der Waals surface area contributed by atoms with E-state index in [-0.39, 0.29) is 5.43 Å². The number of fused-ring (bicyclic) bond motifs is 1. The lowest BCUT2D eigenvalue weighted by molar-refractivity contribution is 0.319. The van der Waals surface area contributed by atoms with Crippen molar-refractivity contribution in [2.45, 2.75) is 45.2 Å². The molecule has 1 aromatic heterocycles. The highest BCUT2D eigenvalue weighted by molar-refractivity contribution is 5.77. The van der Waals surface area contributed by atoms with Gasteiger partial charge in [0.2, 0.25) is 5.43 Å². The standard InChI is InChI=1S/C17H23N3O/c1-2-18-15(13-7-3-4-8-13)12-20-16-10-6-5-9-14(16)17(21)11-19-20/h5-6,9-11,13,15,18H,2-4,7-8,12H2,1H3. The van der Waals surface area contributed by atoms with Crippen molar-refractivity contribution < 1.29 is 0 Å². The Morgan fingerprint density at radius 3 is 2.86 bits per heavy atom. The number of likely N-dealkylation sites (N-methyl/N-ethyl adjacent to an activating group) is 1. The Kier molecular flexibility index (Phi) is 4.34. The molecule has 1 aromatic carbocycles. The van der Waals surface area contributed by atoms with Crippen LogP contribution < -0.4 is 10.7 Å². The molecule has 0 spiro atoms. The molecule has 1 heterocycles. The smallest absolute Gasteiger partial charge is 0.207 e. The highest BCUT2D eigenvalue weighted by Gasteiger charge is 2.25. The van der Waals surface area contributed by atoms with Crippen LogP contribution in [0.1, 0.15) is 32.6 Å². The first-order valence-electron chi connectivity index (χ1n) is 7.98. The van der Waals surface area contributed by atoms with E-state index < -0.39 is 0 Å². The van der Waals surface area contributed by atoms with Gasteiger partial charge >= 0.3 is 0 Å². The van der Waals surface area contributed by atoms with Crippen molar-refractivity contribution in [3.05, 3.63) is 40.7 Å². The number of benzene rings is 1. The summed E-state index contributed by atoms with van der Waals surface area (Å²) in [4.78, 5) is 11.9. The Balaban J connectivity index is 1.92. The summed E-state index contributed by atoms with van der Waals surface area (Å²) in [5, 5.41) is 8.74. The normalized spacial score (nSPS) is 17.4. The Morgan fingerprint density at radius 1 is 1.33 bits per heavy atom. The number of rotatable bonds is 5. The van der Waals surface area contributed by atoms with Gasteiger partial charge in [-0.2, -0.15) is 5.10 Å². The molecular formula is C17H23N3O. The second kappa shape index (κ2) is 6.39. The molecule has 1 aliphatic carbocycles. The molecule has 21 heavy (non-hydrogen) atoms. The molecule has 0 bridgehead atoms. The molecule has 1 unspecified atom stereocenters. The predicted molar refractivity (Wildman–Crippen MR) is 85.4 cm³/mol. The van der Waals surface area contributed by atoms with Gasteiger partial charge in [0.25, 0.3) is 0 Å². The summed E-state index contributed by atoms with van der Waals surface area (Å²) in [5.74, 6) is 0.727. The average molecular weight is 285 g/mol. The van der Waals surface area contributed by atoms with E-state index in [0.717, 1.165) is 29.9 Å². The van der Waals surface area contributed by atoms with Crippen LogP contribution in [-0.2, 0) is 6.54 Å². The van der Waals surface area contributed by atoms with Crippen LogP contribution in [0.2, 0.25) is 0 Å². The molecular weight excluding hydrogens is 262 g/mol. The summed E-state index contributed by atoms with van der Waals surface area (Å²) in [5.41, 5.74) is 0.939. The van der Waals surface area contributed by atoms with E-state index in [4.69, 9.17) is 0 Å². The van der Waals surface area contributed by atoms with E-state index in [1.54, 1.807) is 0 Å². The van der Waals surface area contributed by atoms with Crippen LogP contribution in [0.4, 0.5) is 0 Å². The minimum absolute atomic E-state index is 0.00252. The Morgan fingerprint density at radius 2 is 2.10 bits per heavy atom. The maximum absolute atomic E-state index is 11.9. The molecule has 0 saturated heterocycles. The minimum Gasteiger partial charge on any atom is -0.312 e. The number of aromatic nitrogens is 2. The van der Waals surface area contributed by atoms with Gasteiger partial charge in [-0.25, -0.2) is 0 Å². The molecule has 1 atom stereocenters. The van der Waals surface area contributed by atoms with Gasteiger partial charge in [0.05, 0.1) is 18.3 Å². The zero-order valence-corrected chi connectivity index (χ0v) is 12.6. The average Bonchev–Trinajstić information content (AvgIpc) is 3.04. The van der Waals surface area contributed by atoms with Crippen molar-refractivity contribution in [3.8, 4) is 0 Å². The lowest BCUT2D eigenvalue weighted by Gasteiger charge is -2.25. The van der Waals surface area contributed by atoms with E-state index in [9.17, 15) is 4.79 Å². The fourth-order valence-electron chi connectivity index (χ4n) is 3.49. The van der Waals surface area contributed by atoms with Crippen molar-refractivity contribution in [2.24, 2.45) is 5.92 Å². The predicted octanol–water partition coefficient (Wildman–Crippen LogP) is 2.56. The SMILES string of the molecule is CCNC(Cn1ncc(=O)c2ccccc21)C1CCCC1. The first kappa shape index (κ1) is 14.3. The Labute approximate surface area is 125 Å². The number of hydrogen-bond acceptors (Lipinski definition) is 3. The van der Waals surface area contributed by atoms with Gasteiger partial charge in [0.15, 0.2) is 0 Å². The zero-order chi connectivity index (χ0) is 14.7. The van der Waals surface area contributed by atoms with E-state index >= 15 is 0 Å². The maximum Gasteiger partial charge on any atom is 0.207 e. The molecule has 2 aromatic rings. The summed E-state index contributed by atoms with van der Waals surface area (Å²) in [6, 6.07) is 8.19. The van der Waals surface area contributed by atoms with Crippen LogP contribution in [0, 0.1) is 5.92 Å².